The van der Waals surface area contributed by atoms with E-state index < -0.39 is 62.7 Å². The summed E-state index contributed by atoms with van der Waals surface area (Å²) >= 11 is 0. The molecule has 7 atom stereocenters. The average molecular weight is 603 g/mol. The van der Waals surface area contributed by atoms with E-state index in [2.05, 4.69) is 20.0 Å². The lowest BCUT2D eigenvalue weighted by molar-refractivity contribution is -0.237. The maximum absolute atomic E-state index is 14.5. The fourth-order valence-electron chi connectivity index (χ4n) is 4.10. The van der Waals surface area contributed by atoms with Crippen LogP contribution in [0.2, 0.25) is 0 Å². The van der Waals surface area contributed by atoms with Gasteiger partial charge in [-0.3, -0.25) is 13.9 Å². The Hall–Kier alpha value is -3.14. The summed E-state index contributed by atoms with van der Waals surface area (Å²) in [6.07, 6.45) is -14.5. The number of rotatable bonds is 10. The molecule has 0 bridgehead atoms. The van der Waals surface area contributed by atoms with Crippen molar-refractivity contribution >= 4 is 24.9 Å². The Kier molecular flexibility index (Phi) is 9.01. The van der Waals surface area contributed by atoms with Crippen LogP contribution in [-0.4, -0.2) is 78.4 Å². The fraction of sp³-hybridized carbons (Fsp3) is 0.500. The van der Waals surface area contributed by atoms with Crippen LogP contribution in [0.3, 0.4) is 0 Å². The second-order valence-corrected chi connectivity index (χ2v) is 11.2. The molecule has 1 aromatic carbocycles. The molecule has 1 unspecified atom stereocenters. The molecule has 2 aromatic heterocycles. The SMILES string of the molecule is Cc1ncnc2c1ncn2[C@@H]1O[C@H]([C@H](OP(=O)(N[C@@H](C)C(=O)OC(C)C)Oc2ccccc2)C(F)(F)F)[C@@H](O)[C@H]1O. The molecule has 1 saturated heterocycles. The normalized spacial score (nSPS) is 24.2. The standard InChI is InChI=1S/C24H29F3N5O8P/c1-12(2)37-23(35)14(4)31-41(36,39-15-8-6-5-7-9-15)40-20(24(25,26)27)19-17(33)18(34)22(38-19)32-11-30-16-13(3)28-10-29-21(16)32/h5-12,14,17-20,22,33-34H,1-4H3,(H,31,36)/t14-,17-,18+,19-,20-,22+,41?/m0/s1. The molecule has 3 N–H and O–H groups in total. The van der Waals surface area contributed by atoms with Gasteiger partial charge < -0.3 is 24.2 Å². The fourth-order valence-corrected chi connectivity index (χ4v) is 5.77. The summed E-state index contributed by atoms with van der Waals surface area (Å²) in [4.78, 5) is 24.5. The topological polar surface area (TPSA) is 167 Å². The first kappa shape index (κ1) is 30.8. The molecule has 3 heterocycles. The van der Waals surface area contributed by atoms with E-state index in [-0.39, 0.29) is 11.4 Å². The highest BCUT2D eigenvalue weighted by molar-refractivity contribution is 7.52. The number of aryl methyl sites for hydroxylation is 1. The summed E-state index contributed by atoms with van der Waals surface area (Å²) in [7, 11) is -5.05. The Labute approximate surface area is 232 Å². The number of aliphatic hydroxyl groups excluding tert-OH is 2. The van der Waals surface area contributed by atoms with Crippen molar-refractivity contribution in [2.24, 2.45) is 0 Å². The van der Waals surface area contributed by atoms with E-state index in [1.807, 2.05) is 0 Å². The van der Waals surface area contributed by atoms with Crippen LogP contribution < -0.4 is 9.61 Å². The first-order valence-electron chi connectivity index (χ1n) is 12.4. The Morgan fingerprint density at radius 3 is 2.44 bits per heavy atom. The maximum atomic E-state index is 14.5. The Morgan fingerprint density at radius 2 is 1.80 bits per heavy atom. The third kappa shape index (κ3) is 6.85. The first-order chi connectivity index (χ1) is 19.2. The highest BCUT2D eigenvalue weighted by Crippen LogP contribution is 2.51. The lowest BCUT2D eigenvalue weighted by Crippen LogP contribution is -2.49. The summed E-state index contributed by atoms with van der Waals surface area (Å²) in [5.41, 5.74) is 0.901. The summed E-state index contributed by atoms with van der Waals surface area (Å²) in [6.45, 7) is 5.94. The lowest BCUT2D eigenvalue weighted by atomic mass is 10.1. The second-order valence-electron chi connectivity index (χ2n) is 9.56. The van der Waals surface area contributed by atoms with Gasteiger partial charge >= 0.3 is 19.9 Å². The van der Waals surface area contributed by atoms with Crippen molar-refractivity contribution in [3.8, 4) is 5.75 Å². The van der Waals surface area contributed by atoms with Crippen molar-refractivity contribution in [2.45, 2.75) is 76.7 Å². The highest BCUT2D eigenvalue weighted by Gasteiger charge is 2.59. The van der Waals surface area contributed by atoms with E-state index in [0.29, 0.717) is 11.2 Å². The quantitative estimate of drug-likeness (QED) is 0.229. The van der Waals surface area contributed by atoms with Gasteiger partial charge in [0, 0.05) is 0 Å². The number of halogens is 3. The molecule has 17 heteroatoms. The number of benzene rings is 1. The predicted octanol–water partition coefficient (Wildman–Crippen LogP) is 2.82. The van der Waals surface area contributed by atoms with Crippen LogP contribution in [0.4, 0.5) is 13.2 Å². The van der Waals surface area contributed by atoms with Crippen LogP contribution >= 0.6 is 7.75 Å². The average Bonchev–Trinajstić information content (AvgIpc) is 3.44. The van der Waals surface area contributed by atoms with Crippen molar-refractivity contribution < 1.29 is 51.3 Å². The Morgan fingerprint density at radius 1 is 1.12 bits per heavy atom. The number of hydrogen-bond acceptors (Lipinski definition) is 11. The number of carbonyl (C=O) groups excluding carboxylic acids is 1. The van der Waals surface area contributed by atoms with Gasteiger partial charge in [0.1, 0.15) is 41.9 Å². The molecule has 1 aliphatic heterocycles. The van der Waals surface area contributed by atoms with E-state index in [1.54, 1.807) is 26.8 Å². The molecule has 0 radical (unpaired) electrons. The summed E-state index contributed by atoms with van der Waals surface area (Å²) < 4.78 is 79.2. The van der Waals surface area contributed by atoms with Crippen molar-refractivity contribution in [3.05, 3.63) is 48.7 Å². The third-order valence-electron chi connectivity index (χ3n) is 5.99. The van der Waals surface area contributed by atoms with Gasteiger partial charge in [0.15, 0.2) is 18.0 Å². The van der Waals surface area contributed by atoms with Crippen LogP contribution in [0.15, 0.2) is 43.0 Å². The predicted molar refractivity (Wildman–Crippen MR) is 135 cm³/mol. The molecule has 41 heavy (non-hydrogen) atoms. The Balaban J connectivity index is 1.66. The molecule has 1 fully saturated rings. The molecule has 0 aliphatic carbocycles. The van der Waals surface area contributed by atoms with E-state index >= 15 is 0 Å². The number of hydrogen-bond donors (Lipinski definition) is 3. The smallest absolute Gasteiger partial charge is 0.460 e. The van der Waals surface area contributed by atoms with Gasteiger partial charge in [0.25, 0.3) is 0 Å². The van der Waals surface area contributed by atoms with Crippen LogP contribution in [0.25, 0.3) is 11.2 Å². The number of alkyl halides is 3. The monoisotopic (exact) mass is 603 g/mol. The van der Waals surface area contributed by atoms with Crippen molar-refractivity contribution in [2.75, 3.05) is 0 Å². The van der Waals surface area contributed by atoms with Gasteiger partial charge in [-0.25, -0.2) is 19.5 Å². The molecule has 1 aliphatic rings. The molecule has 224 valence electrons. The molecule has 0 spiro atoms. The number of aliphatic hydroxyl groups is 2. The second kappa shape index (κ2) is 12.0. The minimum absolute atomic E-state index is 0.135. The molecular weight excluding hydrogens is 574 g/mol. The Bertz CT molecular complexity index is 1410. The number of ether oxygens (including phenoxy) is 2. The van der Waals surface area contributed by atoms with Gasteiger partial charge in [0.05, 0.1) is 18.1 Å². The largest absolute Gasteiger partial charge is 0.462 e. The zero-order chi connectivity index (χ0) is 30.1. The minimum atomic E-state index is -5.30. The van der Waals surface area contributed by atoms with Crippen LogP contribution in [-0.2, 0) is 23.4 Å². The van der Waals surface area contributed by atoms with E-state index in [9.17, 15) is 32.7 Å². The van der Waals surface area contributed by atoms with Crippen molar-refractivity contribution in [1.82, 2.24) is 24.6 Å². The summed E-state index contributed by atoms with van der Waals surface area (Å²) in [5, 5.41) is 23.6. The lowest BCUT2D eigenvalue weighted by Gasteiger charge is -2.31. The van der Waals surface area contributed by atoms with E-state index in [1.165, 1.54) is 43.8 Å². The van der Waals surface area contributed by atoms with Crippen molar-refractivity contribution in [3.63, 3.8) is 0 Å². The van der Waals surface area contributed by atoms with Gasteiger partial charge in [0.2, 0.25) is 0 Å². The molecule has 3 aromatic rings. The van der Waals surface area contributed by atoms with Crippen LogP contribution in [0.1, 0.15) is 32.7 Å². The third-order valence-corrected chi connectivity index (χ3v) is 7.65. The van der Waals surface area contributed by atoms with Crippen molar-refractivity contribution in [1.29, 1.82) is 0 Å². The number of nitrogens with zero attached hydrogens (tertiary/aromatic N) is 4. The number of aromatic nitrogens is 4. The number of imidazole rings is 1. The number of nitrogens with one attached hydrogen (secondary N) is 1. The number of fused-ring (bicyclic) bond motifs is 1. The molecule has 0 saturated carbocycles. The number of esters is 1. The number of para-hydroxylation sites is 1. The van der Waals surface area contributed by atoms with Gasteiger partial charge in [-0.15, -0.1) is 0 Å². The van der Waals surface area contributed by atoms with Gasteiger partial charge in [-0.05, 0) is 39.8 Å². The van der Waals surface area contributed by atoms with Crippen LogP contribution in [0.5, 0.6) is 5.75 Å². The zero-order valence-corrected chi connectivity index (χ0v) is 23.2. The highest BCUT2D eigenvalue weighted by atomic mass is 31.2. The molecule has 4 rings (SSSR count). The summed E-state index contributed by atoms with van der Waals surface area (Å²) in [5.74, 6) is -1.07. The molecule has 0 amide bonds. The van der Waals surface area contributed by atoms with E-state index in [0.717, 1.165) is 4.57 Å². The minimum Gasteiger partial charge on any atom is -0.462 e. The van der Waals surface area contributed by atoms with Gasteiger partial charge in [-0.1, -0.05) is 18.2 Å². The molecular formula is C24H29F3N5O8P. The number of carbonyl (C=O) groups is 1. The first-order valence-corrected chi connectivity index (χ1v) is 14.0. The van der Waals surface area contributed by atoms with Gasteiger partial charge in [-0.2, -0.15) is 18.3 Å². The molecule has 13 nitrogen and oxygen atoms in total. The summed E-state index contributed by atoms with van der Waals surface area (Å²) in [6, 6.07) is 5.72. The zero-order valence-electron chi connectivity index (χ0n) is 22.3. The van der Waals surface area contributed by atoms with E-state index in [4.69, 9.17) is 18.5 Å². The van der Waals surface area contributed by atoms with Crippen LogP contribution in [0, 0.1) is 6.92 Å². The maximum Gasteiger partial charge on any atom is 0.460 e.